The smallest absolute Gasteiger partial charge is 0.459 e. The second-order valence-corrected chi connectivity index (χ2v) is 14.5. The van der Waals surface area contributed by atoms with Gasteiger partial charge in [-0.1, -0.05) is 57.2 Å². The quantitative estimate of drug-likeness (QED) is 0.143. The standard InChI is InChI=1S/C30H34N7O8P/c1-17(26(40)42-15-28(2,3)4)36-46(41,45-20-11-7-9-18-8-5-6-10-19(18)20)43-12-21-23(38)29(14-31)13-30(29,44-21)37-16-33-22-24(37)34-27(32)35-25(22)39/h5-11,16-17,21,23,38H,12-13,15H2,1-4H3,(H,36,41)(H3,32,34,35,39). The van der Waals surface area contributed by atoms with Gasteiger partial charge in [0.2, 0.25) is 5.95 Å². The van der Waals surface area contributed by atoms with E-state index in [0.29, 0.717) is 5.39 Å². The topological polar surface area (TPSA) is 217 Å². The van der Waals surface area contributed by atoms with Crippen LogP contribution in [-0.2, 0) is 29.1 Å². The van der Waals surface area contributed by atoms with E-state index in [1.54, 1.807) is 24.3 Å². The van der Waals surface area contributed by atoms with Crippen LogP contribution in [-0.4, -0.2) is 62.1 Å². The minimum atomic E-state index is -4.39. The van der Waals surface area contributed by atoms with Crippen LogP contribution in [0.5, 0.6) is 5.75 Å². The maximum absolute atomic E-state index is 14.4. The van der Waals surface area contributed by atoms with E-state index >= 15 is 0 Å². The monoisotopic (exact) mass is 651 g/mol. The molecule has 2 aromatic heterocycles. The first-order valence-corrected chi connectivity index (χ1v) is 16.1. The van der Waals surface area contributed by atoms with Gasteiger partial charge in [-0.25, -0.2) is 9.55 Å². The summed E-state index contributed by atoms with van der Waals surface area (Å²) in [6.07, 6.45) is -1.23. The zero-order valence-corrected chi connectivity index (χ0v) is 26.5. The van der Waals surface area contributed by atoms with E-state index in [4.69, 9.17) is 24.3 Å². The summed E-state index contributed by atoms with van der Waals surface area (Å²) in [6.45, 7) is 6.81. The number of nitrogens with two attached hydrogens (primary N) is 1. The molecule has 1 saturated heterocycles. The highest BCUT2D eigenvalue weighted by molar-refractivity contribution is 7.52. The number of esters is 1. The Hall–Kier alpha value is -4.32. The van der Waals surface area contributed by atoms with Gasteiger partial charge in [0.15, 0.2) is 16.9 Å². The fourth-order valence-electron chi connectivity index (χ4n) is 5.68. The van der Waals surface area contributed by atoms with Gasteiger partial charge in [0.1, 0.15) is 29.4 Å². The number of nitrogen functional groups attached to an aromatic ring is 1. The van der Waals surface area contributed by atoms with Crippen LogP contribution in [0, 0.1) is 22.2 Å². The summed E-state index contributed by atoms with van der Waals surface area (Å²) in [7, 11) is -4.39. The van der Waals surface area contributed by atoms with E-state index in [2.05, 4.69) is 26.1 Å². The lowest BCUT2D eigenvalue weighted by Crippen LogP contribution is -2.38. The van der Waals surface area contributed by atoms with Crippen molar-refractivity contribution in [2.24, 2.45) is 10.8 Å². The van der Waals surface area contributed by atoms with E-state index in [9.17, 15) is 24.5 Å². The van der Waals surface area contributed by atoms with Crippen molar-refractivity contribution >= 4 is 41.6 Å². The predicted octanol–water partition coefficient (Wildman–Crippen LogP) is 2.95. The van der Waals surface area contributed by atoms with Crippen LogP contribution in [0.15, 0.2) is 53.6 Å². The van der Waals surface area contributed by atoms with Gasteiger partial charge in [0.25, 0.3) is 5.56 Å². The predicted molar refractivity (Wildman–Crippen MR) is 165 cm³/mol. The molecule has 6 unspecified atom stereocenters. The number of imidazole rings is 1. The number of aromatic amines is 1. The fourth-order valence-corrected chi connectivity index (χ4v) is 7.20. The summed E-state index contributed by atoms with van der Waals surface area (Å²) in [5.41, 5.74) is 2.03. The number of benzene rings is 2. The molecule has 0 bridgehead atoms. The van der Waals surface area contributed by atoms with Crippen LogP contribution in [0.4, 0.5) is 5.95 Å². The van der Waals surface area contributed by atoms with Gasteiger partial charge in [0.05, 0.1) is 25.6 Å². The van der Waals surface area contributed by atoms with Gasteiger partial charge >= 0.3 is 13.7 Å². The van der Waals surface area contributed by atoms with Crippen LogP contribution in [0.1, 0.15) is 34.1 Å². The average Bonchev–Trinajstić information content (AvgIpc) is 3.34. The third-order valence-corrected chi connectivity index (χ3v) is 9.67. The molecule has 3 heterocycles. The van der Waals surface area contributed by atoms with Gasteiger partial charge in [-0.2, -0.15) is 15.3 Å². The normalized spacial score (nSPS) is 25.8. The molecule has 2 fully saturated rings. The van der Waals surface area contributed by atoms with E-state index in [1.165, 1.54) is 17.8 Å². The van der Waals surface area contributed by atoms with E-state index < -0.39 is 55.3 Å². The molecule has 0 spiro atoms. The van der Waals surface area contributed by atoms with Crippen molar-refractivity contribution in [1.29, 1.82) is 5.26 Å². The minimum Gasteiger partial charge on any atom is -0.464 e. The summed E-state index contributed by atoms with van der Waals surface area (Å²) in [5.74, 6) is -0.608. The first-order valence-electron chi connectivity index (χ1n) is 14.6. The van der Waals surface area contributed by atoms with Crippen LogP contribution >= 0.6 is 7.75 Å². The van der Waals surface area contributed by atoms with Gasteiger partial charge in [0, 0.05) is 11.8 Å². The Morgan fingerprint density at radius 1 is 1.33 bits per heavy atom. The number of aliphatic hydroxyl groups excluding tert-OH is 1. The van der Waals surface area contributed by atoms with Crippen LogP contribution in [0.2, 0.25) is 0 Å². The lowest BCUT2D eigenvalue weighted by Gasteiger charge is -2.27. The van der Waals surface area contributed by atoms with E-state index in [0.717, 1.165) is 5.39 Å². The second-order valence-electron chi connectivity index (χ2n) is 12.8. The number of ether oxygens (including phenoxy) is 2. The molecule has 46 heavy (non-hydrogen) atoms. The SMILES string of the molecule is CC(NP(=O)(OCC1OC2(n3cnc4c(=O)[nH]c(N)nc43)CC2(C#N)C1O)Oc1cccc2ccccc12)C(=O)OCC(C)(C)C. The van der Waals surface area contributed by atoms with Gasteiger partial charge in [-0.15, -0.1) is 0 Å². The molecule has 0 amide bonds. The summed E-state index contributed by atoms with van der Waals surface area (Å²) in [6, 6.07) is 13.5. The second kappa shape index (κ2) is 11.2. The van der Waals surface area contributed by atoms with Crippen molar-refractivity contribution in [2.75, 3.05) is 18.9 Å². The zero-order valence-electron chi connectivity index (χ0n) is 25.6. The van der Waals surface area contributed by atoms with E-state index in [-0.39, 0.29) is 41.3 Å². The molecule has 15 nitrogen and oxygen atoms in total. The van der Waals surface area contributed by atoms with Crippen molar-refractivity contribution in [3.05, 3.63) is 59.1 Å². The Kier molecular flexibility index (Phi) is 7.70. The highest BCUT2D eigenvalue weighted by Crippen LogP contribution is 2.70. The van der Waals surface area contributed by atoms with Gasteiger partial charge < -0.3 is 24.8 Å². The third-order valence-electron chi connectivity index (χ3n) is 8.04. The first kappa shape index (κ1) is 31.7. The molecule has 6 rings (SSSR count). The Bertz CT molecular complexity index is 1980. The Morgan fingerprint density at radius 2 is 2.07 bits per heavy atom. The van der Waals surface area contributed by atoms with Crippen molar-refractivity contribution in [3.63, 3.8) is 0 Å². The number of nitrogens with one attached hydrogen (secondary N) is 2. The number of carbonyl (C=O) groups excluding carboxylic acids is 1. The lowest BCUT2D eigenvalue weighted by atomic mass is 9.97. The number of aromatic nitrogens is 4. The van der Waals surface area contributed by atoms with Crippen LogP contribution in [0.25, 0.3) is 21.9 Å². The van der Waals surface area contributed by atoms with Crippen molar-refractivity contribution in [1.82, 2.24) is 24.6 Å². The van der Waals surface area contributed by atoms with Crippen molar-refractivity contribution in [2.45, 2.75) is 58.1 Å². The maximum Gasteiger partial charge on any atom is 0.459 e. The number of rotatable bonds is 10. The average molecular weight is 652 g/mol. The highest BCUT2D eigenvalue weighted by Gasteiger charge is 2.82. The number of carbonyl (C=O) groups is 1. The summed E-state index contributed by atoms with van der Waals surface area (Å²) >= 11 is 0. The van der Waals surface area contributed by atoms with Crippen LogP contribution in [0.3, 0.4) is 0 Å². The molecule has 2 aliphatic rings. The van der Waals surface area contributed by atoms with Crippen molar-refractivity contribution in [3.8, 4) is 11.8 Å². The molecule has 0 radical (unpaired) electrons. The zero-order chi connectivity index (χ0) is 33.1. The van der Waals surface area contributed by atoms with Crippen LogP contribution < -0.4 is 20.9 Å². The Morgan fingerprint density at radius 3 is 2.80 bits per heavy atom. The molecule has 5 N–H and O–H groups in total. The molecule has 1 saturated carbocycles. The van der Waals surface area contributed by atoms with Gasteiger partial charge in [-0.3, -0.25) is 23.7 Å². The molecular weight excluding hydrogens is 617 g/mol. The van der Waals surface area contributed by atoms with Gasteiger partial charge in [-0.05, 0) is 23.8 Å². The molecule has 6 atom stereocenters. The molecule has 4 aromatic rings. The highest BCUT2D eigenvalue weighted by atomic mass is 31.2. The number of hydrogen-bond donors (Lipinski definition) is 4. The fraction of sp³-hybridized carbons (Fsp3) is 0.433. The molecule has 1 aliphatic heterocycles. The summed E-state index contributed by atoms with van der Waals surface area (Å²) in [5, 5.41) is 25.7. The lowest BCUT2D eigenvalue weighted by molar-refractivity contribution is -0.148. The molecule has 242 valence electrons. The molecule has 16 heteroatoms. The number of fused-ring (bicyclic) bond motifs is 3. The van der Waals surface area contributed by atoms with E-state index in [1.807, 2.05) is 39.0 Å². The number of H-pyrrole nitrogens is 1. The maximum atomic E-state index is 14.4. The Balaban J connectivity index is 1.27. The molecule has 1 aliphatic carbocycles. The summed E-state index contributed by atoms with van der Waals surface area (Å²) < 4.78 is 39.2. The number of nitrogens with zero attached hydrogens (tertiary/aromatic N) is 4. The number of aliphatic hydroxyl groups is 1. The molecular formula is C30H34N7O8P. The minimum absolute atomic E-state index is 0.0235. The first-order chi connectivity index (χ1) is 21.7. The number of hydrogen-bond acceptors (Lipinski definition) is 12. The van der Waals surface area contributed by atoms with Crippen molar-refractivity contribution < 1.29 is 33.0 Å². The third kappa shape index (κ3) is 5.42. The summed E-state index contributed by atoms with van der Waals surface area (Å²) in [4.78, 5) is 35.9. The largest absolute Gasteiger partial charge is 0.464 e. The molecule has 2 aromatic carbocycles. The Labute approximate surface area is 263 Å². The number of anilines is 1. The number of nitriles is 1.